The van der Waals surface area contributed by atoms with Gasteiger partial charge in [-0.05, 0) is 36.4 Å². The van der Waals surface area contributed by atoms with Gasteiger partial charge in [-0.2, -0.15) is 0 Å². The van der Waals surface area contributed by atoms with Crippen LogP contribution in [0.3, 0.4) is 0 Å². The fourth-order valence-electron chi connectivity index (χ4n) is 3.20. The van der Waals surface area contributed by atoms with Gasteiger partial charge in [0.25, 0.3) is 0 Å². The molecule has 1 aliphatic rings. The van der Waals surface area contributed by atoms with Crippen LogP contribution in [-0.4, -0.2) is 49.4 Å². The maximum atomic E-state index is 12.4. The quantitative estimate of drug-likeness (QED) is 0.825. The second-order valence-corrected chi connectivity index (χ2v) is 6.64. The number of nitrogens with zero attached hydrogens (tertiary/aromatic N) is 2. The summed E-state index contributed by atoms with van der Waals surface area (Å²) in [6, 6.07) is 17.8. The number of amides is 2. The van der Waals surface area contributed by atoms with Crippen molar-refractivity contribution in [1.29, 1.82) is 0 Å². The number of anilines is 3. The zero-order valence-corrected chi connectivity index (χ0v) is 15.6. The summed E-state index contributed by atoms with van der Waals surface area (Å²) in [6.07, 6.45) is 0.471. The van der Waals surface area contributed by atoms with Gasteiger partial charge in [0.15, 0.2) is 0 Å². The van der Waals surface area contributed by atoms with Crippen molar-refractivity contribution >= 4 is 28.9 Å². The van der Waals surface area contributed by atoms with Crippen molar-refractivity contribution in [3.63, 3.8) is 0 Å². The second-order valence-electron chi connectivity index (χ2n) is 6.64. The van der Waals surface area contributed by atoms with Gasteiger partial charge in [0.1, 0.15) is 0 Å². The summed E-state index contributed by atoms with van der Waals surface area (Å²) in [7, 11) is 0. The van der Waals surface area contributed by atoms with Gasteiger partial charge in [-0.15, -0.1) is 0 Å². The lowest BCUT2D eigenvalue weighted by Gasteiger charge is -2.36. The van der Waals surface area contributed by atoms with E-state index in [1.807, 2.05) is 47.4 Å². The Bertz CT molecular complexity index is 754. The number of hydrogen-bond acceptors (Lipinski definition) is 4. The zero-order chi connectivity index (χ0) is 19.1. The molecule has 0 saturated carbocycles. The van der Waals surface area contributed by atoms with Crippen molar-refractivity contribution in [3.05, 3.63) is 54.6 Å². The van der Waals surface area contributed by atoms with Crippen LogP contribution in [0.5, 0.6) is 0 Å². The van der Waals surface area contributed by atoms with Crippen LogP contribution in [0, 0.1) is 0 Å². The maximum absolute atomic E-state index is 12.4. The monoisotopic (exact) mass is 366 g/mol. The van der Waals surface area contributed by atoms with E-state index in [4.69, 9.17) is 0 Å². The summed E-state index contributed by atoms with van der Waals surface area (Å²) in [4.78, 5) is 27.7. The molecule has 1 heterocycles. The van der Waals surface area contributed by atoms with Crippen LogP contribution in [0.2, 0.25) is 0 Å². The first-order chi connectivity index (χ1) is 13.1. The minimum absolute atomic E-state index is 0.0892. The summed E-state index contributed by atoms with van der Waals surface area (Å²) in [5.74, 6) is 0.0961. The third-order valence-corrected chi connectivity index (χ3v) is 4.63. The number of benzene rings is 2. The van der Waals surface area contributed by atoms with Gasteiger partial charge in [0, 0.05) is 63.1 Å². The van der Waals surface area contributed by atoms with Crippen molar-refractivity contribution in [2.45, 2.75) is 13.3 Å². The minimum atomic E-state index is -0.0892. The highest BCUT2D eigenvalue weighted by molar-refractivity contribution is 5.88. The second kappa shape index (κ2) is 9.07. The number of carbonyl (C=O) groups is 2. The van der Waals surface area contributed by atoms with Crippen molar-refractivity contribution in [3.8, 4) is 0 Å². The van der Waals surface area contributed by atoms with E-state index in [0.29, 0.717) is 13.0 Å². The molecular formula is C21H26N4O2. The molecule has 142 valence electrons. The van der Waals surface area contributed by atoms with E-state index in [1.54, 1.807) is 0 Å². The van der Waals surface area contributed by atoms with Crippen molar-refractivity contribution in [2.75, 3.05) is 48.3 Å². The molecule has 2 aromatic rings. The zero-order valence-electron chi connectivity index (χ0n) is 15.6. The SMILES string of the molecule is CC(=O)Nc1ccc(NCCC(=O)N2CCN(c3ccccc3)CC2)cc1. The average molecular weight is 366 g/mol. The van der Waals surface area contributed by atoms with E-state index in [1.165, 1.54) is 12.6 Å². The number of rotatable bonds is 6. The summed E-state index contributed by atoms with van der Waals surface area (Å²) in [6.45, 7) is 5.34. The number of hydrogen-bond donors (Lipinski definition) is 2. The molecule has 2 amide bonds. The van der Waals surface area contributed by atoms with Crippen LogP contribution in [-0.2, 0) is 9.59 Å². The highest BCUT2D eigenvalue weighted by Gasteiger charge is 2.20. The Hall–Kier alpha value is -3.02. The molecule has 3 rings (SSSR count). The predicted octanol–water partition coefficient (Wildman–Crippen LogP) is 2.80. The standard InChI is InChI=1S/C21H26N4O2/c1-17(26)23-19-9-7-18(8-10-19)22-12-11-21(27)25-15-13-24(14-16-25)20-5-3-2-4-6-20/h2-10,22H,11-16H2,1H3,(H,23,26). The molecule has 0 spiro atoms. The Morgan fingerprint density at radius 1 is 0.889 bits per heavy atom. The van der Waals surface area contributed by atoms with E-state index in [9.17, 15) is 9.59 Å². The Morgan fingerprint density at radius 2 is 1.52 bits per heavy atom. The molecule has 6 nitrogen and oxygen atoms in total. The van der Waals surface area contributed by atoms with Gasteiger partial charge in [0.05, 0.1) is 0 Å². The molecule has 0 bridgehead atoms. The molecule has 1 aliphatic heterocycles. The molecule has 1 fully saturated rings. The lowest BCUT2D eigenvalue weighted by atomic mass is 10.2. The normalized spacial score (nSPS) is 14.0. The predicted molar refractivity (Wildman–Crippen MR) is 109 cm³/mol. The Balaban J connectivity index is 1.39. The molecule has 6 heteroatoms. The van der Waals surface area contributed by atoms with Crippen molar-refractivity contribution < 1.29 is 9.59 Å². The molecule has 0 aliphatic carbocycles. The van der Waals surface area contributed by atoms with Crippen LogP contribution in [0.25, 0.3) is 0 Å². The number of carbonyl (C=O) groups excluding carboxylic acids is 2. The number of nitrogens with one attached hydrogen (secondary N) is 2. The molecule has 1 saturated heterocycles. The first kappa shape index (κ1) is 18.8. The minimum Gasteiger partial charge on any atom is -0.385 e. The topological polar surface area (TPSA) is 64.7 Å². The molecular weight excluding hydrogens is 340 g/mol. The Kier molecular flexibility index (Phi) is 6.30. The molecule has 0 atom stereocenters. The largest absolute Gasteiger partial charge is 0.385 e. The lowest BCUT2D eigenvalue weighted by molar-refractivity contribution is -0.131. The molecule has 0 radical (unpaired) electrons. The van der Waals surface area contributed by atoms with Gasteiger partial charge >= 0.3 is 0 Å². The first-order valence-corrected chi connectivity index (χ1v) is 9.31. The third kappa shape index (κ3) is 5.48. The highest BCUT2D eigenvalue weighted by atomic mass is 16.2. The molecule has 2 N–H and O–H groups in total. The van der Waals surface area contributed by atoms with Crippen LogP contribution in [0.1, 0.15) is 13.3 Å². The summed E-state index contributed by atoms with van der Waals surface area (Å²) in [5, 5.41) is 5.99. The highest BCUT2D eigenvalue weighted by Crippen LogP contribution is 2.16. The first-order valence-electron chi connectivity index (χ1n) is 9.31. The summed E-state index contributed by atoms with van der Waals surface area (Å²) >= 11 is 0. The molecule has 0 aromatic heterocycles. The smallest absolute Gasteiger partial charge is 0.224 e. The van der Waals surface area contributed by atoms with Crippen molar-refractivity contribution in [1.82, 2.24) is 4.90 Å². The van der Waals surface area contributed by atoms with Gasteiger partial charge in [0.2, 0.25) is 11.8 Å². The fraction of sp³-hybridized carbons (Fsp3) is 0.333. The fourth-order valence-corrected chi connectivity index (χ4v) is 3.20. The third-order valence-electron chi connectivity index (χ3n) is 4.63. The Labute approximate surface area is 160 Å². The number of para-hydroxylation sites is 1. The van der Waals surface area contributed by atoms with Crippen LogP contribution >= 0.6 is 0 Å². The average Bonchev–Trinajstić information content (AvgIpc) is 2.69. The van der Waals surface area contributed by atoms with E-state index in [-0.39, 0.29) is 11.8 Å². The van der Waals surface area contributed by atoms with Crippen LogP contribution < -0.4 is 15.5 Å². The summed E-state index contributed by atoms with van der Waals surface area (Å²) in [5.41, 5.74) is 2.92. The van der Waals surface area contributed by atoms with Gasteiger partial charge in [-0.25, -0.2) is 0 Å². The van der Waals surface area contributed by atoms with Crippen LogP contribution in [0.15, 0.2) is 54.6 Å². The van der Waals surface area contributed by atoms with Gasteiger partial charge < -0.3 is 20.4 Å². The summed E-state index contributed by atoms with van der Waals surface area (Å²) < 4.78 is 0. The van der Waals surface area contributed by atoms with E-state index in [2.05, 4.69) is 27.7 Å². The van der Waals surface area contributed by atoms with Crippen molar-refractivity contribution in [2.24, 2.45) is 0 Å². The van der Waals surface area contributed by atoms with E-state index in [0.717, 1.165) is 37.6 Å². The Morgan fingerprint density at radius 3 is 2.15 bits per heavy atom. The molecule has 27 heavy (non-hydrogen) atoms. The van der Waals surface area contributed by atoms with E-state index >= 15 is 0 Å². The lowest BCUT2D eigenvalue weighted by Crippen LogP contribution is -2.49. The van der Waals surface area contributed by atoms with Gasteiger partial charge in [-0.3, -0.25) is 9.59 Å². The molecule has 2 aromatic carbocycles. The maximum Gasteiger partial charge on any atom is 0.224 e. The van der Waals surface area contributed by atoms with Crippen LogP contribution in [0.4, 0.5) is 17.1 Å². The number of piperazine rings is 1. The molecule has 0 unspecified atom stereocenters. The van der Waals surface area contributed by atoms with E-state index < -0.39 is 0 Å². The van der Waals surface area contributed by atoms with Gasteiger partial charge in [-0.1, -0.05) is 18.2 Å².